The van der Waals surface area contributed by atoms with E-state index in [2.05, 4.69) is 4.90 Å². The molecule has 4 saturated heterocycles. The molecule has 7 aliphatic rings. The molecule has 3 aliphatic carbocycles. The number of phenolic OH excluding ortho intramolecular Hbond substituents is 2. The molecule has 2 aromatic carbocycles. The topological polar surface area (TPSA) is 225 Å². The highest BCUT2D eigenvalue weighted by atomic mass is 16.7. The van der Waals surface area contributed by atoms with E-state index in [0.717, 1.165) is 12.8 Å². The van der Waals surface area contributed by atoms with Crippen LogP contribution in [0.2, 0.25) is 0 Å². The number of fused-ring (bicyclic) bond motifs is 6. The predicted molar refractivity (Wildman–Crippen MR) is 217 cm³/mol. The quantitative estimate of drug-likeness (QED) is 0.186. The van der Waals surface area contributed by atoms with E-state index >= 15 is 0 Å². The number of aliphatic hydroxyl groups is 1. The molecule has 1 unspecified atom stereocenters. The lowest BCUT2D eigenvalue weighted by atomic mass is 9.71. The molecule has 5 fully saturated rings. The van der Waals surface area contributed by atoms with Crippen LogP contribution < -0.4 is 4.74 Å². The van der Waals surface area contributed by atoms with Gasteiger partial charge in [0.2, 0.25) is 17.6 Å². The minimum Gasteiger partial charge on any atom is -0.507 e. The number of rotatable bonds is 11. The van der Waals surface area contributed by atoms with Crippen LogP contribution in [0.4, 0.5) is 0 Å². The zero-order valence-corrected chi connectivity index (χ0v) is 35.8. The molecule has 4 heterocycles. The first kappa shape index (κ1) is 43.6. The standard InChI is InChI=1S/C46H54N2O15/c1-21(49)24-10-8-23(9-11-24)20-48-32(51)16-25(43(48)56)12-13-31(50)46(57)18-27-35(41(55)37-36(39(27)53)38(52)26-6-5-7-29(58-3)34(26)40(37)54)30(19-46)62-33-17-28-42(22(2)61-33)63-44-45(59-4)60-15-14-47(28)44/h5-7,22-25,28,30,33,42,44-45,53,55,57H,8-20H2,1-4H3/t22-,23?,24?,25?,28-,30-,33-,42+,44+,45-,46-/m0/s1. The van der Waals surface area contributed by atoms with Gasteiger partial charge in [0.15, 0.2) is 30.4 Å². The Morgan fingerprint density at radius 2 is 1.71 bits per heavy atom. The molecule has 0 bridgehead atoms. The lowest BCUT2D eigenvalue weighted by Gasteiger charge is -2.43. The van der Waals surface area contributed by atoms with Crippen molar-refractivity contribution in [3.05, 3.63) is 51.6 Å². The Labute approximate surface area is 363 Å². The zero-order chi connectivity index (χ0) is 44.6. The maximum atomic E-state index is 14.4. The molecular weight excluding hydrogens is 821 g/mol. The molecule has 3 N–H and O–H groups in total. The summed E-state index contributed by atoms with van der Waals surface area (Å²) < 4.78 is 36.0. The van der Waals surface area contributed by atoms with E-state index in [1.807, 2.05) is 6.92 Å². The minimum absolute atomic E-state index is 0.00252. The molecule has 2 aromatic rings. The van der Waals surface area contributed by atoms with Gasteiger partial charge in [0, 0.05) is 86.9 Å². The number of aromatic hydroxyl groups is 2. The second-order valence-electron chi connectivity index (χ2n) is 18.2. The van der Waals surface area contributed by atoms with Gasteiger partial charge in [-0.1, -0.05) is 12.1 Å². The number of likely N-dealkylation sites (tertiary alicyclic amines) is 1. The highest BCUT2D eigenvalue weighted by Gasteiger charge is 2.55. The van der Waals surface area contributed by atoms with Gasteiger partial charge in [0.1, 0.15) is 34.7 Å². The van der Waals surface area contributed by atoms with Gasteiger partial charge in [0.05, 0.1) is 42.6 Å². The van der Waals surface area contributed by atoms with Crippen LogP contribution in [0.3, 0.4) is 0 Å². The first-order valence-electron chi connectivity index (χ1n) is 22.0. The molecule has 338 valence electrons. The van der Waals surface area contributed by atoms with E-state index in [-0.39, 0.29) is 102 Å². The molecule has 17 nitrogen and oxygen atoms in total. The molecule has 1 saturated carbocycles. The van der Waals surface area contributed by atoms with Crippen LogP contribution in [-0.4, -0.2) is 137 Å². The lowest BCUT2D eigenvalue weighted by molar-refractivity contribution is -0.256. The molecule has 2 amide bonds. The average Bonchev–Trinajstić information content (AvgIpc) is 3.78. The fraction of sp³-hybridized carbons (Fsp3) is 0.609. The zero-order valence-electron chi connectivity index (χ0n) is 35.8. The number of ketones is 4. The van der Waals surface area contributed by atoms with Crippen LogP contribution in [0.5, 0.6) is 17.2 Å². The first-order chi connectivity index (χ1) is 30.1. The second-order valence-corrected chi connectivity index (χ2v) is 18.2. The van der Waals surface area contributed by atoms with E-state index < -0.39 is 95.4 Å². The van der Waals surface area contributed by atoms with E-state index in [1.54, 1.807) is 6.92 Å². The van der Waals surface area contributed by atoms with Crippen molar-refractivity contribution < 1.29 is 72.5 Å². The van der Waals surface area contributed by atoms with E-state index in [4.69, 9.17) is 28.4 Å². The number of imide groups is 1. The number of morpholine rings is 1. The molecule has 63 heavy (non-hydrogen) atoms. The monoisotopic (exact) mass is 874 g/mol. The molecule has 9 rings (SSSR count). The molecule has 0 aromatic heterocycles. The summed E-state index contributed by atoms with van der Waals surface area (Å²) in [7, 11) is 2.88. The molecule has 17 heteroatoms. The summed E-state index contributed by atoms with van der Waals surface area (Å²) in [5.41, 5.74) is -3.54. The number of carbonyl (C=O) groups excluding carboxylic acids is 6. The Morgan fingerprint density at radius 3 is 2.43 bits per heavy atom. The Balaban J connectivity index is 0.997. The van der Waals surface area contributed by atoms with Gasteiger partial charge < -0.3 is 43.7 Å². The second kappa shape index (κ2) is 16.7. The summed E-state index contributed by atoms with van der Waals surface area (Å²) in [5, 5.41) is 36.6. The van der Waals surface area contributed by atoms with Crippen LogP contribution in [0.25, 0.3) is 0 Å². The SMILES string of the molecule is COc1cccc2c1C(=O)c1c(O)c3c(c(O)c1C2=O)C[C@@](O)(C(=O)CCC1CC(=O)N(CC2CCC(C(C)=O)CC2)C1=O)C[C@@H]3O[C@H]1C[C@H]2[C@H](O[C@@H]3[C@@H](OC)OCCN32)[C@H](C)O1. The Kier molecular flexibility index (Phi) is 11.6. The molecular formula is C46H54N2O15. The van der Waals surface area contributed by atoms with E-state index in [0.29, 0.717) is 26.0 Å². The summed E-state index contributed by atoms with van der Waals surface area (Å²) in [6, 6.07) is 4.22. The van der Waals surface area contributed by atoms with Gasteiger partial charge in [-0.05, 0) is 57.9 Å². The summed E-state index contributed by atoms with van der Waals surface area (Å²) in [5.74, 6) is -4.71. The van der Waals surface area contributed by atoms with Gasteiger partial charge in [0.25, 0.3) is 0 Å². The number of phenols is 2. The van der Waals surface area contributed by atoms with Crippen molar-refractivity contribution in [1.82, 2.24) is 9.80 Å². The van der Waals surface area contributed by atoms with Crippen molar-refractivity contribution in [3.8, 4) is 17.2 Å². The number of carbonyl (C=O) groups is 6. The van der Waals surface area contributed by atoms with Crippen molar-refractivity contribution in [2.45, 2.75) is 127 Å². The summed E-state index contributed by atoms with van der Waals surface area (Å²) in [4.78, 5) is 84.7. The third-order valence-corrected chi connectivity index (χ3v) is 14.6. The summed E-state index contributed by atoms with van der Waals surface area (Å²) >= 11 is 0. The van der Waals surface area contributed by atoms with Crippen LogP contribution in [-0.2, 0) is 49.3 Å². The largest absolute Gasteiger partial charge is 0.507 e. The smallest absolute Gasteiger partial charge is 0.232 e. The first-order valence-corrected chi connectivity index (χ1v) is 22.0. The van der Waals surface area contributed by atoms with Gasteiger partial charge in [-0.25, -0.2) is 0 Å². The number of hydrogen-bond donors (Lipinski definition) is 3. The number of Topliss-reactive ketones (excluding diaryl/α,β-unsaturated/α-hetero) is 2. The van der Waals surface area contributed by atoms with Gasteiger partial charge >= 0.3 is 0 Å². The highest BCUT2D eigenvalue weighted by Crippen LogP contribution is 2.53. The maximum absolute atomic E-state index is 14.4. The van der Waals surface area contributed by atoms with E-state index in [9.17, 15) is 44.1 Å². The molecule has 0 spiro atoms. The maximum Gasteiger partial charge on any atom is 0.232 e. The van der Waals surface area contributed by atoms with Crippen LogP contribution in [0.1, 0.15) is 121 Å². The van der Waals surface area contributed by atoms with Gasteiger partial charge in [-0.3, -0.25) is 38.6 Å². The van der Waals surface area contributed by atoms with Crippen molar-refractivity contribution in [1.29, 1.82) is 0 Å². The number of ether oxygens (including phenoxy) is 6. The third-order valence-electron chi connectivity index (χ3n) is 14.6. The molecule has 4 aliphatic heterocycles. The van der Waals surface area contributed by atoms with E-state index in [1.165, 1.54) is 37.3 Å². The third kappa shape index (κ3) is 7.38. The van der Waals surface area contributed by atoms with Crippen LogP contribution in [0, 0.1) is 17.8 Å². The fourth-order valence-electron chi connectivity index (χ4n) is 11.3. The Bertz CT molecular complexity index is 2250. The van der Waals surface area contributed by atoms with Crippen molar-refractivity contribution in [2.24, 2.45) is 17.8 Å². The minimum atomic E-state index is -2.25. The average molecular weight is 875 g/mol. The molecule has 9 atom stereocenters. The Morgan fingerprint density at radius 1 is 0.968 bits per heavy atom. The molecule has 0 radical (unpaired) electrons. The number of nitrogens with zero attached hydrogens (tertiary/aromatic N) is 2. The predicted octanol–water partition coefficient (Wildman–Crippen LogP) is 3.27. The van der Waals surface area contributed by atoms with Crippen molar-refractivity contribution >= 4 is 34.9 Å². The highest BCUT2D eigenvalue weighted by molar-refractivity contribution is 6.31. The number of hydrogen-bond acceptors (Lipinski definition) is 16. The van der Waals surface area contributed by atoms with Crippen molar-refractivity contribution in [2.75, 3.05) is 33.9 Å². The summed E-state index contributed by atoms with van der Waals surface area (Å²) in [6.07, 6.45) is -2.63. The Hall–Kier alpha value is -4.62. The van der Waals surface area contributed by atoms with Gasteiger partial charge in [-0.2, -0.15) is 0 Å². The fourth-order valence-corrected chi connectivity index (χ4v) is 11.3. The van der Waals surface area contributed by atoms with Crippen molar-refractivity contribution in [3.63, 3.8) is 0 Å². The van der Waals surface area contributed by atoms with Crippen LogP contribution in [0.15, 0.2) is 18.2 Å². The lowest BCUT2D eigenvalue weighted by Crippen LogP contribution is -2.55. The summed E-state index contributed by atoms with van der Waals surface area (Å²) in [6.45, 7) is 4.61. The number of benzene rings is 2. The number of amides is 2. The van der Waals surface area contributed by atoms with Gasteiger partial charge in [-0.15, -0.1) is 0 Å². The van der Waals surface area contributed by atoms with Crippen LogP contribution >= 0.6 is 0 Å². The normalized spacial score (nSPS) is 34.0. The number of methoxy groups -OCH3 is 2.